The lowest BCUT2D eigenvalue weighted by atomic mass is 9.78. The van der Waals surface area contributed by atoms with Gasteiger partial charge in [0.1, 0.15) is 11.7 Å². The van der Waals surface area contributed by atoms with Crippen molar-refractivity contribution in [2.24, 2.45) is 5.92 Å². The molecule has 3 atom stereocenters. The second-order valence-electron chi connectivity index (χ2n) is 8.13. The summed E-state index contributed by atoms with van der Waals surface area (Å²) in [6.45, 7) is 3.98. The molecule has 5 nitrogen and oxygen atoms in total. The molecule has 0 aliphatic carbocycles. The summed E-state index contributed by atoms with van der Waals surface area (Å²) in [5.74, 6) is 0.0850. The van der Waals surface area contributed by atoms with Crippen LogP contribution in [0.3, 0.4) is 0 Å². The van der Waals surface area contributed by atoms with Crippen LogP contribution in [0, 0.1) is 12.8 Å². The van der Waals surface area contributed by atoms with E-state index < -0.39 is 11.6 Å². The number of thiocarbonyl (C=S) groups is 1. The van der Waals surface area contributed by atoms with Crippen molar-refractivity contribution in [2.45, 2.75) is 25.6 Å². The molecule has 1 saturated heterocycles. The Labute approximate surface area is 187 Å². The molecule has 0 aromatic heterocycles. The third-order valence-corrected chi connectivity index (χ3v) is 6.32. The molecular formula is C25H23N3O2S. The highest BCUT2D eigenvalue weighted by molar-refractivity contribution is 7.80. The number of hydrogen-bond acceptors (Lipinski definition) is 3. The number of ether oxygens (including phenoxy) is 1. The average molecular weight is 430 g/mol. The van der Waals surface area contributed by atoms with E-state index in [0.717, 1.165) is 28.3 Å². The molecule has 2 aliphatic heterocycles. The zero-order valence-electron chi connectivity index (χ0n) is 17.3. The van der Waals surface area contributed by atoms with E-state index in [-0.39, 0.29) is 11.9 Å². The van der Waals surface area contributed by atoms with Crippen molar-refractivity contribution in [1.82, 2.24) is 5.32 Å². The van der Waals surface area contributed by atoms with Gasteiger partial charge in [0, 0.05) is 16.9 Å². The largest absolute Gasteiger partial charge is 0.467 e. The number of carbonyl (C=O) groups excluding carboxylic acids is 1. The van der Waals surface area contributed by atoms with Crippen LogP contribution in [0.1, 0.15) is 24.1 Å². The molecule has 6 heteroatoms. The van der Waals surface area contributed by atoms with Gasteiger partial charge in [-0.05, 0) is 56.4 Å². The predicted octanol–water partition coefficient (Wildman–Crippen LogP) is 4.79. The molecule has 2 N–H and O–H groups in total. The van der Waals surface area contributed by atoms with E-state index in [1.165, 1.54) is 0 Å². The van der Waals surface area contributed by atoms with Crippen molar-refractivity contribution in [3.63, 3.8) is 0 Å². The molecule has 3 aromatic carbocycles. The maximum atomic E-state index is 13.6. The first kappa shape index (κ1) is 19.6. The number of benzene rings is 3. The minimum Gasteiger partial charge on any atom is -0.467 e. The van der Waals surface area contributed by atoms with E-state index in [1.54, 1.807) is 0 Å². The number of aryl methyl sites for hydroxylation is 1. The first-order valence-corrected chi connectivity index (χ1v) is 10.7. The predicted molar refractivity (Wildman–Crippen MR) is 126 cm³/mol. The van der Waals surface area contributed by atoms with Crippen molar-refractivity contribution < 1.29 is 9.53 Å². The lowest BCUT2D eigenvalue weighted by Crippen LogP contribution is -2.72. The number of carbonyl (C=O) groups is 1. The topological polar surface area (TPSA) is 53.6 Å². The lowest BCUT2D eigenvalue weighted by Gasteiger charge is -2.56. The van der Waals surface area contributed by atoms with Gasteiger partial charge in [-0.2, -0.15) is 0 Å². The quantitative estimate of drug-likeness (QED) is 0.586. The fraction of sp³-hybridized carbons (Fsp3) is 0.200. The van der Waals surface area contributed by atoms with Crippen molar-refractivity contribution in [1.29, 1.82) is 0 Å². The number of nitrogens with one attached hydrogen (secondary N) is 2. The maximum Gasteiger partial charge on any atom is 0.236 e. The summed E-state index contributed by atoms with van der Waals surface area (Å²) in [4.78, 5) is 15.6. The van der Waals surface area contributed by atoms with Gasteiger partial charge in [-0.3, -0.25) is 9.69 Å². The third kappa shape index (κ3) is 3.24. The molecule has 2 aliphatic rings. The molecule has 0 spiro atoms. The molecule has 0 radical (unpaired) electrons. The van der Waals surface area contributed by atoms with Crippen LogP contribution in [0.15, 0.2) is 78.9 Å². The monoisotopic (exact) mass is 429 g/mol. The molecule has 31 heavy (non-hydrogen) atoms. The van der Waals surface area contributed by atoms with E-state index in [1.807, 2.05) is 97.6 Å². The van der Waals surface area contributed by atoms with Gasteiger partial charge in [0.05, 0.1) is 6.04 Å². The van der Waals surface area contributed by atoms with Crippen molar-refractivity contribution in [2.75, 3.05) is 10.2 Å². The summed E-state index contributed by atoms with van der Waals surface area (Å²) in [6.07, 6.45) is 0. The van der Waals surface area contributed by atoms with Gasteiger partial charge >= 0.3 is 0 Å². The number of amides is 1. The zero-order valence-corrected chi connectivity index (χ0v) is 18.1. The molecule has 1 fully saturated rings. The molecule has 2 unspecified atom stereocenters. The summed E-state index contributed by atoms with van der Waals surface area (Å²) in [6, 6.07) is 25.1. The van der Waals surface area contributed by atoms with Gasteiger partial charge in [0.25, 0.3) is 0 Å². The Balaban J connectivity index is 1.62. The summed E-state index contributed by atoms with van der Waals surface area (Å²) in [5, 5.41) is 7.03. The number of nitrogens with zero attached hydrogens (tertiary/aromatic N) is 1. The van der Waals surface area contributed by atoms with Gasteiger partial charge in [-0.1, -0.05) is 54.1 Å². The number of para-hydroxylation sites is 2. The fourth-order valence-electron chi connectivity index (χ4n) is 4.55. The van der Waals surface area contributed by atoms with E-state index in [4.69, 9.17) is 17.0 Å². The SMILES string of the molecule is Cc1ccc(N2C(=S)NC3c4ccccc4O[C@@]2(C)C3C(=O)Nc2ccccc2)cc1. The highest BCUT2D eigenvalue weighted by Gasteiger charge is 2.59. The van der Waals surface area contributed by atoms with E-state index in [9.17, 15) is 4.79 Å². The van der Waals surface area contributed by atoms with E-state index in [2.05, 4.69) is 10.6 Å². The van der Waals surface area contributed by atoms with Gasteiger partial charge in [0.15, 0.2) is 10.8 Å². The van der Waals surface area contributed by atoms with E-state index >= 15 is 0 Å². The Bertz CT molecular complexity index is 1150. The highest BCUT2D eigenvalue weighted by atomic mass is 32.1. The number of anilines is 2. The van der Waals surface area contributed by atoms with Crippen LogP contribution in [0.25, 0.3) is 0 Å². The van der Waals surface area contributed by atoms with Crippen LogP contribution in [-0.2, 0) is 4.79 Å². The highest BCUT2D eigenvalue weighted by Crippen LogP contribution is 2.49. The standard InChI is InChI=1S/C25H23N3O2S/c1-16-12-14-18(15-13-16)28-24(31)27-22-19-10-6-7-11-20(19)30-25(28,2)21(22)23(29)26-17-8-4-3-5-9-17/h3-15,21-22H,1-2H3,(H,26,29)(H,27,31)/t21?,22?,25-/m0/s1. The van der Waals surface area contributed by atoms with Crippen LogP contribution < -0.4 is 20.3 Å². The summed E-state index contributed by atoms with van der Waals surface area (Å²) in [5.41, 5.74) is 2.70. The second-order valence-corrected chi connectivity index (χ2v) is 8.51. The molecule has 3 aromatic rings. The molecule has 156 valence electrons. The number of hydrogen-bond donors (Lipinski definition) is 2. The smallest absolute Gasteiger partial charge is 0.236 e. The Morgan fingerprint density at radius 1 is 1.03 bits per heavy atom. The molecule has 2 heterocycles. The molecule has 1 amide bonds. The molecule has 0 saturated carbocycles. The van der Waals surface area contributed by atoms with Crippen molar-refractivity contribution in [3.8, 4) is 5.75 Å². The van der Waals surface area contributed by atoms with Crippen LogP contribution >= 0.6 is 12.2 Å². The maximum absolute atomic E-state index is 13.6. The first-order valence-electron chi connectivity index (χ1n) is 10.3. The number of rotatable bonds is 3. The Hall–Kier alpha value is -3.38. The third-order valence-electron chi connectivity index (χ3n) is 6.02. The van der Waals surface area contributed by atoms with Gasteiger partial charge in [0.2, 0.25) is 5.91 Å². The van der Waals surface area contributed by atoms with Crippen LogP contribution in [0.4, 0.5) is 11.4 Å². The molecule has 2 bridgehead atoms. The summed E-state index contributed by atoms with van der Waals surface area (Å²) < 4.78 is 6.57. The van der Waals surface area contributed by atoms with E-state index in [0.29, 0.717) is 5.11 Å². The fourth-order valence-corrected chi connectivity index (χ4v) is 4.97. The van der Waals surface area contributed by atoms with Crippen LogP contribution in [-0.4, -0.2) is 16.7 Å². The molecule has 5 rings (SSSR count). The number of fused-ring (bicyclic) bond motifs is 4. The summed E-state index contributed by atoms with van der Waals surface area (Å²) in [7, 11) is 0. The summed E-state index contributed by atoms with van der Waals surface area (Å²) >= 11 is 5.77. The molecular weight excluding hydrogens is 406 g/mol. The Kier molecular flexibility index (Phi) is 4.67. The van der Waals surface area contributed by atoms with Gasteiger partial charge < -0.3 is 15.4 Å². The minimum absolute atomic E-state index is 0.125. The zero-order chi connectivity index (χ0) is 21.6. The first-order chi connectivity index (χ1) is 15.0. The van der Waals surface area contributed by atoms with Gasteiger partial charge in [-0.25, -0.2) is 0 Å². The van der Waals surface area contributed by atoms with Crippen molar-refractivity contribution >= 4 is 34.6 Å². The lowest BCUT2D eigenvalue weighted by molar-refractivity contribution is -0.130. The normalized spacial score (nSPS) is 23.9. The van der Waals surface area contributed by atoms with Crippen LogP contribution in [0.5, 0.6) is 5.75 Å². The Morgan fingerprint density at radius 2 is 1.71 bits per heavy atom. The minimum atomic E-state index is -1.00. The van der Waals surface area contributed by atoms with Crippen LogP contribution in [0.2, 0.25) is 0 Å². The van der Waals surface area contributed by atoms with Gasteiger partial charge in [-0.15, -0.1) is 0 Å². The second kappa shape index (κ2) is 7.39. The Morgan fingerprint density at radius 3 is 2.45 bits per heavy atom. The van der Waals surface area contributed by atoms with Crippen molar-refractivity contribution in [3.05, 3.63) is 90.0 Å². The average Bonchev–Trinajstić information content (AvgIpc) is 2.75.